The first-order valence-corrected chi connectivity index (χ1v) is 4.62. The van der Waals surface area contributed by atoms with Gasteiger partial charge in [0.15, 0.2) is 0 Å². The molecule has 1 aliphatic heterocycles. The van der Waals surface area contributed by atoms with Crippen LogP contribution in [0.1, 0.15) is 13.8 Å². The van der Waals surface area contributed by atoms with Crippen molar-refractivity contribution in [1.82, 2.24) is 0 Å². The summed E-state index contributed by atoms with van der Waals surface area (Å²) in [5.41, 5.74) is -0.286. The Morgan fingerprint density at radius 1 is 1.25 bits per heavy atom. The van der Waals surface area contributed by atoms with E-state index in [1.807, 2.05) is 32.0 Å². The lowest BCUT2D eigenvalue weighted by Gasteiger charge is -2.07. The summed E-state index contributed by atoms with van der Waals surface area (Å²) >= 11 is 3.45. The van der Waals surface area contributed by atoms with E-state index in [1.54, 1.807) is 0 Å². The van der Waals surface area contributed by atoms with Gasteiger partial charge in [-0.1, -0.05) is 6.07 Å². The number of hydrogen-bond donors (Lipinski definition) is 0. The molecule has 2 rings (SSSR count). The molecule has 0 saturated carbocycles. The lowest BCUT2D eigenvalue weighted by Crippen LogP contribution is -2.21. The van der Waals surface area contributed by atoms with Crippen LogP contribution in [0.5, 0.6) is 0 Å². The topological polar surface area (TPSA) is 24.7 Å². The molecule has 3 heteroatoms. The molecule has 0 spiro atoms. The molecule has 0 aliphatic carbocycles. The standard InChI is InChI=1S/C9H9BrN2/c1-9(2)11-7-5-3-4-6(10)8(7)12-9/h3-5H,1-2H3. The Kier molecular flexibility index (Phi) is 1.58. The van der Waals surface area contributed by atoms with Crippen LogP contribution in [0.25, 0.3) is 0 Å². The minimum Gasteiger partial charge on any atom is -0.254 e. The quantitative estimate of drug-likeness (QED) is 0.638. The van der Waals surface area contributed by atoms with E-state index in [-0.39, 0.29) is 5.66 Å². The zero-order chi connectivity index (χ0) is 8.77. The van der Waals surface area contributed by atoms with Crippen molar-refractivity contribution in [2.45, 2.75) is 19.5 Å². The first kappa shape index (κ1) is 7.92. The average molecular weight is 225 g/mol. The predicted octanol–water partition coefficient (Wildman–Crippen LogP) is 1.44. The monoisotopic (exact) mass is 224 g/mol. The van der Waals surface area contributed by atoms with Gasteiger partial charge in [-0.2, -0.15) is 0 Å². The molecule has 1 aliphatic rings. The van der Waals surface area contributed by atoms with E-state index in [9.17, 15) is 0 Å². The van der Waals surface area contributed by atoms with E-state index >= 15 is 0 Å². The number of fused-ring (bicyclic) bond motifs is 1. The molecule has 62 valence electrons. The van der Waals surface area contributed by atoms with Crippen LogP contribution in [0.4, 0.5) is 0 Å². The molecule has 0 bridgehead atoms. The third-order valence-electron chi connectivity index (χ3n) is 1.74. The molecule has 0 radical (unpaired) electrons. The second kappa shape index (κ2) is 2.39. The fraction of sp³-hybridized carbons (Fsp3) is 0.333. The van der Waals surface area contributed by atoms with Crippen molar-refractivity contribution >= 4 is 15.9 Å². The number of para-hydroxylation sites is 1. The second-order valence-corrected chi connectivity index (χ2v) is 4.18. The molecule has 2 nitrogen and oxygen atoms in total. The summed E-state index contributed by atoms with van der Waals surface area (Å²) in [5.74, 6) is 0. The summed E-state index contributed by atoms with van der Waals surface area (Å²) < 4.78 is 1.02. The van der Waals surface area contributed by atoms with Gasteiger partial charge >= 0.3 is 0 Å². The Bertz CT molecular complexity index is 434. The third kappa shape index (κ3) is 1.18. The van der Waals surface area contributed by atoms with E-state index in [0.29, 0.717) is 0 Å². The summed E-state index contributed by atoms with van der Waals surface area (Å²) in [6.07, 6.45) is 0. The van der Waals surface area contributed by atoms with E-state index in [2.05, 4.69) is 25.9 Å². The molecule has 0 fully saturated rings. The first-order valence-electron chi connectivity index (χ1n) is 3.83. The molecule has 0 atom stereocenters. The number of benzene rings is 1. The maximum Gasteiger partial charge on any atom is 0.146 e. The lowest BCUT2D eigenvalue weighted by atomic mass is 10.3. The highest BCUT2D eigenvalue weighted by Crippen LogP contribution is 2.12. The highest BCUT2D eigenvalue weighted by atomic mass is 79.9. The van der Waals surface area contributed by atoms with Crippen molar-refractivity contribution in [1.29, 1.82) is 0 Å². The minimum atomic E-state index is -0.286. The third-order valence-corrected chi connectivity index (χ3v) is 2.38. The van der Waals surface area contributed by atoms with Crippen LogP contribution in [0, 0.1) is 0 Å². The van der Waals surface area contributed by atoms with Gasteiger partial charge in [-0.15, -0.1) is 0 Å². The predicted molar refractivity (Wildman–Crippen MR) is 50.5 cm³/mol. The minimum absolute atomic E-state index is 0.286. The van der Waals surface area contributed by atoms with Gasteiger partial charge in [-0.3, -0.25) is 9.98 Å². The Balaban J connectivity index is 2.86. The van der Waals surface area contributed by atoms with Crippen LogP contribution in [0.2, 0.25) is 0 Å². The summed E-state index contributed by atoms with van der Waals surface area (Å²) in [7, 11) is 0. The van der Waals surface area contributed by atoms with Crippen LogP contribution >= 0.6 is 15.9 Å². The molecule has 0 amide bonds. The Labute approximate surface area is 79.2 Å². The lowest BCUT2D eigenvalue weighted by molar-refractivity contribution is 0.548. The molecule has 0 unspecified atom stereocenters. The van der Waals surface area contributed by atoms with Gasteiger partial charge in [-0.05, 0) is 41.9 Å². The smallest absolute Gasteiger partial charge is 0.146 e. The van der Waals surface area contributed by atoms with E-state index < -0.39 is 0 Å². The Morgan fingerprint density at radius 2 is 2.00 bits per heavy atom. The zero-order valence-electron chi connectivity index (χ0n) is 7.00. The van der Waals surface area contributed by atoms with Crippen molar-refractivity contribution in [3.05, 3.63) is 33.4 Å². The van der Waals surface area contributed by atoms with Crippen molar-refractivity contribution in [2.75, 3.05) is 0 Å². The molecule has 1 aromatic rings. The van der Waals surface area contributed by atoms with E-state index in [0.717, 1.165) is 15.2 Å². The zero-order valence-corrected chi connectivity index (χ0v) is 8.59. The molecule has 12 heavy (non-hydrogen) atoms. The van der Waals surface area contributed by atoms with Gasteiger partial charge in [0, 0.05) is 4.47 Å². The molecule has 0 aromatic heterocycles. The van der Waals surface area contributed by atoms with Crippen LogP contribution in [-0.4, -0.2) is 5.66 Å². The fourth-order valence-electron chi connectivity index (χ4n) is 1.30. The van der Waals surface area contributed by atoms with Crippen molar-refractivity contribution in [2.24, 2.45) is 9.98 Å². The molecule has 1 aromatic carbocycles. The summed E-state index contributed by atoms with van der Waals surface area (Å²) in [4.78, 5) is 8.92. The number of rotatable bonds is 0. The fourth-order valence-corrected chi connectivity index (χ4v) is 1.74. The van der Waals surface area contributed by atoms with Crippen LogP contribution in [-0.2, 0) is 0 Å². The molecular formula is C9H9BrN2. The van der Waals surface area contributed by atoms with Crippen LogP contribution in [0.15, 0.2) is 32.7 Å². The summed E-state index contributed by atoms with van der Waals surface area (Å²) in [6, 6.07) is 5.95. The van der Waals surface area contributed by atoms with E-state index in [4.69, 9.17) is 0 Å². The Morgan fingerprint density at radius 3 is 2.67 bits per heavy atom. The second-order valence-electron chi connectivity index (χ2n) is 3.33. The number of hydrogen-bond acceptors (Lipinski definition) is 2. The highest BCUT2D eigenvalue weighted by molar-refractivity contribution is 9.10. The average Bonchev–Trinajstić information content (AvgIpc) is 2.25. The molecule has 0 N–H and O–H groups in total. The largest absolute Gasteiger partial charge is 0.254 e. The van der Waals surface area contributed by atoms with E-state index in [1.165, 1.54) is 0 Å². The van der Waals surface area contributed by atoms with Crippen molar-refractivity contribution in [3.8, 4) is 0 Å². The molecule has 1 heterocycles. The highest BCUT2D eigenvalue weighted by Gasteiger charge is 2.18. The van der Waals surface area contributed by atoms with Gasteiger partial charge in [0.1, 0.15) is 5.66 Å². The van der Waals surface area contributed by atoms with Crippen LogP contribution < -0.4 is 10.7 Å². The van der Waals surface area contributed by atoms with Gasteiger partial charge in [0.25, 0.3) is 0 Å². The Hall–Kier alpha value is -0.700. The van der Waals surface area contributed by atoms with Crippen molar-refractivity contribution in [3.63, 3.8) is 0 Å². The SMILES string of the molecule is CC1(C)N=c2cccc(Br)c2=N1. The van der Waals surface area contributed by atoms with Gasteiger partial charge in [0.05, 0.1) is 10.7 Å². The summed E-state index contributed by atoms with van der Waals surface area (Å²) in [5, 5.41) is 1.96. The number of halogens is 1. The van der Waals surface area contributed by atoms with Gasteiger partial charge in [-0.25, -0.2) is 0 Å². The molecule has 0 saturated heterocycles. The maximum absolute atomic E-state index is 4.47. The number of nitrogens with zero attached hydrogens (tertiary/aromatic N) is 2. The van der Waals surface area contributed by atoms with Crippen LogP contribution in [0.3, 0.4) is 0 Å². The maximum atomic E-state index is 4.47. The van der Waals surface area contributed by atoms with Gasteiger partial charge in [0.2, 0.25) is 0 Å². The molecular weight excluding hydrogens is 216 g/mol. The summed E-state index contributed by atoms with van der Waals surface area (Å²) in [6.45, 7) is 4.00. The van der Waals surface area contributed by atoms with Crippen molar-refractivity contribution < 1.29 is 0 Å². The first-order chi connectivity index (χ1) is 5.58. The normalized spacial score (nSPS) is 17.9. The van der Waals surface area contributed by atoms with Gasteiger partial charge < -0.3 is 0 Å².